The van der Waals surface area contributed by atoms with Gasteiger partial charge < -0.3 is 0 Å². The van der Waals surface area contributed by atoms with Crippen LogP contribution in [0.25, 0.3) is 11.1 Å². The van der Waals surface area contributed by atoms with Crippen LogP contribution < -0.4 is 0 Å². The lowest BCUT2D eigenvalue weighted by Gasteiger charge is -2.28. The Kier molecular flexibility index (Phi) is 6.55. The zero-order chi connectivity index (χ0) is 21.7. The van der Waals surface area contributed by atoms with Crippen LogP contribution in [0.4, 0.5) is 30.7 Å². The Balaban J connectivity index is 2.90. The molecule has 28 heavy (non-hydrogen) atoms. The second-order valence-corrected chi connectivity index (χ2v) is 10.0. The number of benzene rings is 2. The summed E-state index contributed by atoms with van der Waals surface area (Å²) in [7, 11) is -6.51. The molecule has 0 heterocycles. The number of sulfone groups is 1. The summed E-state index contributed by atoms with van der Waals surface area (Å²) in [6, 6.07) is 8.70. The molecule has 0 aromatic heterocycles. The summed E-state index contributed by atoms with van der Waals surface area (Å²) in [5.74, 6) is -6.82. The van der Waals surface area contributed by atoms with Gasteiger partial charge in [0.25, 0.3) is 9.84 Å². The average molecular weight is 669 g/mol. The fourth-order valence-electron chi connectivity index (χ4n) is 2.10. The predicted octanol–water partition coefficient (Wildman–Crippen LogP) is 6.85. The Bertz CT molecular complexity index is 1020. The average Bonchev–Trinajstić information content (AvgIpc) is 2.53. The van der Waals surface area contributed by atoms with Crippen LogP contribution in [0, 0.1) is 9.64 Å². The molecule has 2 aromatic rings. The van der Waals surface area contributed by atoms with Crippen molar-refractivity contribution in [2.75, 3.05) is 0 Å². The molecule has 0 aliphatic heterocycles. The molecule has 0 unspecified atom stereocenters. The van der Waals surface area contributed by atoms with E-state index in [1.54, 1.807) is 22.6 Å². The number of rotatable bonds is 4. The first-order valence-electron chi connectivity index (χ1n) is 6.79. The molecular formula is C15H5Br2F7IO2S. The SMILES string of the molecule is O=S(=O)(c1cc(Br)[c]c(Br)c1-c1ccccc1I)C(F)(F)C(F)(F)C(F)(F)F. The fraction of sp³-hybridized carbons (Fsp3) is 0.200. The number of alkyl halides is 7. The summed E-state index contributed by atoms with van der Waals surface area (Å²) in [4.78, 5) is -1.41. The van der Waals surface area contributed by atoms with Gasteiger partial charge in [-0.3, -0.25) is 0 Å². The van der Waals surface area contributed by atoms with Crippen LogP contribution >= 0.6 is 54.5 Å². The van der Waals surface area contributed by atoms with E-state index in [4.69, 9.17) is 0 Å². The zero-order valence-electron chi connectivity index (χ0n) is 12.9. The first kappa shape index (κ1) is 23.9. The van der Waals surface area contributed by atoms with Crippen molar-refractivity contribution in [3.8, 4) is 11.1 Å². The van der Waals surface area contributed by atoms with Crippen LogP contribution in [0.3, 0.4) is 0 Å². The van der Waals surface area contributed by atoms with Gasteiger partial charge in [-0.25, -0.2) is 8.42 Å². The molecule has 2 rings (SSSR count). The monoisotopic (exact) mass is 667 g/mol. The van der Waals surface area contributed by atoms with Crippen LogP contribution in [0.15, 0.2) is 44.2 Å². The zero-order valence-corrected chi connectivity index (χ0v) is 19.0. The van der Waals surface area contributed by atoms with E-state index in [1.165, 1.54) is 24.3 Å². The third-order valence-corrected chi connectivity index (χ3v) is 7.24. The Morgan fingerprint density at radius 2 is 1.50 bits per heavy atom. The largest absolute Gasteiger partial charge is 0.461 e. The van der Waals surface area contributed by atoms with E-state index in [-0.39, 0.29) is 14.5 Å². The van der Waals surface area contributed by atoms with Gasteiger partial charge in [0.05, 0.1) is 4.90 Å². The summed E-state index contributed by atoms with van der Waals surface area (Å²) in [6.45, 7) is 0. The third-order valence-electron chi connectivity index (χ3n) is 3.44. The fourth-order valence-corrected chi connectivity index (χ4v) is 5.85. The molecule has 0 N–H and O–H groups in total. The molecule has 0 bridgehead atoms. The second-order valence-electron chi connectivity index (χ2n) is 5.24. The summed E-state index contributed by atoms with van der Waals surface area (Å²) in [5, 5.41) is -6.46. The van der Waals surface area contributed by atoms with Crippen molar-refractivity contribution in [1.29, 1.82) is 0 Å². The minimum Gasteiger partial charge on any atom is -0.217 e. The molecule has 0 saturated carbocycles. The smallest absolute Gasteiger partial charge is 0.217 e. The van der Waals surface area contributed by atoms with Crippen molar-refractivity contribution in [3.63, 3.8) is 0 Å². The first-order chi connectivity index (χ1) is 12.6. The molecule has 13 heteroatoms. The molecule has 0 aliphatic rings. The lowest BCUT2D eigenvalue weighted by molar-refractivity contribution is -0.332. The van der Waals surface area contributed by atoms with Crippen LogP contribution in [-0.2, 0) is 9.84 Å². The van der Waals surface area contributed by atoms with Gasteiger partial charge in [-0.1, -0.05) is 34.1 Å². The molecule has 1 radical (unpaired) electrons. The quantitative estimate of drug-likeness (QED) is 0.264. The standard InChI is InChI=1S/C15H5Br2F7IO2S/c16-7-5-9(17)12(8-3-1-2-4-10(8)25)11(6-7)28(26,27)15(23,24)13(18,19)14(20,21)22/h1-4,6H. The van der Waals surface area contributed by atoms with Gasteiger partial charge in [-0.05, 0) is 56.2 Å². The highest BCUT2D eigenvalue weighted by atomic mass is 127. The molecule has 153 valence electrons. The highest BCUT2D eigenvalue weighted by Crippen LogP contribution is 2.52. The summed E-state index contributed by atoms with van der Waals surface area (Å²) in [5.41, 5.74) is -0.505. The van der Waals surface area contributed by atoms with Crippen molar-refractivity contribution >= 4 is 64.3 Å². The lowest BCUT2D eigenvalue weighted by atomic mass is 10.1. The normalized spacial score (nSPS) is 13.6. The Morgan fingerprint density at radius 1 is 0.964 bits per heavy atom. The summed E-state index contributed by atoms with van der Waals surface area (Å²) >= 11 is 7.42. The van der Waals surface area contributed by atoms with Crippen LogP contribution in [0.2, 0.25) is 0 Å². The first-order valence-corrected chi connectivity index (χ1v) is 10.9. The van der Waals surface area contributed by atoms with Crippen LogP contribution in [0.1, 0.15) is 0 Å². The Labute approximate surface area is 184 Å². The molecule has 0 saturated heterocycles. The maximum atomic E-state index is 14.1. The second kappa shape index (κ2) is 7.69. The van der Waals surface area contributed by atoms with Crippen molar-refractivity contribution in [3.05, 3.63) is 48.9 Å². The van der Waals surface area contributed by atoms with Crippen molar-refractivity contribution in [1.82, 2.24) is 0 Å². The minimum atomic E-state index is -6.82. The highest BCUT2D eigenvalue weighted by molar-refractivity contribution is 14.1. The van der Waals surface area contributed by atoms with Gasteiger partial charge in [0.2, 0.25) is 0 Å². The van der Waals surface area contributed by atoms with Crippen molar-refractivity contribution in [2.45, 2.75) is 22.2 Å². The predicted molar refractivity (Wildman–Crippen MR) is 102 cm³/mol. The molecular weight excluding hydrogens is 664 g/mol. The van der Waals surface area contributed by atoms with Gasteiger partial charge >= 0.3 is 17.4 Å². The molecule has 0 fully saturated rings. The third kappa shape index (κ3) is 3.83. The molecule has 2 nitrogen and oxygen atoms in total. The van der Waals surface area contributed by atoms with E-state index >= 15 is 0 Å². The molecule has 2 aromatic carbocycles. The maximum Gasteiger partial charge on any atom is 0.461 e. The van der Waals surface area contributed by atoms with E-state index < -0.39 is 37.6 Å². The van der Waals surface area contributed by atoms with E-state index in [0.717, 1.165) is 0 Å². The minimum absolute atomic E-state index is 0.0171. The van der Waals surface area contributed by atoms with Crippen molar-refractivity contribution in [2.24, 2.45) is 0 Å². The van der Waals surface area contributed by atoms with Gasteiger partial charge in [-0.2, -0.15) is 30.7 Å². The molecule has 0 aliphatic carbocycles. The van der Waals surface area contributed by atoms with E-state index in [0.29, 0.717) is 9.64 Å². The van der Waals surface area contributed by atoms with Gasteiger partial charge in [0.1, 0.15) is 0 Å². The highest BCUT2D eigenvalue weighted by Gasteiger charge is 2.78. The maximum absolute atomic E-state index is 14.1. The number of hydrogen-bond acceptors (Lipinski definition) is 2. The lowest BCUT2D eigenvalue weighted by Crippen LogP contribution is -2.56. The Morgan fingerprint density at radius 3 is 2.00 bits per heavy atom. The van der Waals surface area contributed by atoms with Crippen LogP contribution in [0.5, 0.6) is 0 Å². The Hall–Kier alpha value is -0.410. The van der Waals surface area contributed by atoms with Gasteiger partial charge in [0.15, 0.2) is 0 Å². The van der Waals surface area contributed by atoms with Gasteiger partial charge in [-0.15, -0.1) is 0 Å². The topological polar surface area (TPSA) is 34.1 Å². The van der Waals surface area contributed by atoms with Crippen molar-refractivity contribution < 1.29 is 39.2 Å². The van der Waals surface area contributed by atoms with E-state index in [1.807, 2.05) is 0 Å². The summed E-state index contributed by atoms with van der Waals surface area (Å²) < 4.78 is 117. The van der Waals surface area contributed by atoms with Gasteiger partial charge in [0, 0.05) is 24.1 Å². The molecule has 0 spiro atoms. The molecule has 0 atom stereocenters. The summed E-state index contributed by atoms with van der Waals surface area (Å²) in [6.07, 6.45) is -6.79. The molecule has 0 amide bonds. The van der Waals surface area contributed by atoms with Crippen LogP contribution in [-0.4, -0.2) is 25.8 Å². The van der Waals surface area contributed by atoms with E-state index in [9.17, 15) is 39.2 Å². The van der Waals surface area contributed by atoms with E-state index in [2.05, 4.69) is 37.9 Å². The number of halogens is 10. The number of hydrogen-bond donors (Lipinski definition) is 0.